The second kappa shape index (κ2) is 13.5. The number of aromatic nitrogens is 1. The van der Waals surface area contributed by atoms with Gasteiger partial charge in [0.15, 0.2) is 0 Å². The summed E-state index contributed by atoms with van der Waals surface area (Å²) in [7, 11) is 1.57. The lowest BCUT2D eigenvalue weighted by molar-refractivity contribution is -0.133. The number of carbonyl (C=O) groups is 3. The van der Waals surface area contributed by atoms with Crippen LogP contribution in [0.1, 0.15) is 57.1 Å². The number of ether oxygens (including phenoxy) is 2. The third-order valence-corrected chi connectivity index (χ3v) is 8.27. The Bertz CT molecular complexity index is 1770. The lowest BCUT2D eigenvalue weighted by Crippen LogP contribution is -2.55. The van der Waals surface area contributed by atoms with Gasteiger partial charge in [-0.05, 0) is 47.7 Å². The number of hydrogen-bond donors (Lipinski definition) is 2. The van der Waals surface area contributed by atoms with Gasteiger partial charge in [0.25, 0.3) is 5.91 Å². The summed E-state index contributed by atoms with van der Waals surface area (Å²) in [6.45, 7) is 11.3. The minimum atomic E-state index is -0.407. The van der Waals surface area contributed by atoms with E-state index in [1.165, 1.54) is 0 Å². The molecule has 1 saturated heterocycles. The van der Waals surface area contributed by atoms with Crippen molar-refractivity contribution in [1.29, 1.82) is 0 Å². The molecule has 5 rings (SSSR count). The van der Waals surface area contributed by atoms with E-state index in [-0.39, 0.29) is 29.0 Å². The van der Waals surface area contributed by atoms with Crippen molar-refractivity contribution in [3.8, 4) is 17.2 Å². The van der Waals surface area contributed by atoms with Gasteiger partial charge in [0.2, 0.25) is 5.91 Å². The number of carbonyl (C=O) groups excluding carboxylic acids is 3. The van der Waals surface area contributed by atoms with Crippen molar-refractivity contribution in [3.63, 3.8) is 0 Å². The molecule has 0 radical (unpaired) electrons. The molecule has 1 atom stereocenters. The lowest BCUT2D eigenvalue weighted by Gasteiger charge is -2.40. The monoisotopic (exact) mass is 623 g/mol. The number of amides is 4. The average Bonchev–Trinajstić information content (AvgIpc) is 3.04. The van der Waals surface area contributed by atoms with E-state index >= 15 is 0 Å². The van der Waals surface area contributed by atoms with Crippen molar-refractivity contribution < 1.29 is 23.9 Å². The molecule has 0 saturated carbocycles. The quantitative estimate of drug-likeness (QED) is 0.228. The largest absolute Gasteiger partial charge is 0.495 e. The van der Waals surface area contributed by atoms with Crippen molar-refractivity contribution in [1.82, 2.24) is 14.8 Å². The van der Waals surface area contributed by atoms with Crippen LogP contribution in [0, 0.1) is 0 Å². The maximum atomic E-state index is 13.4. The second-order valence-corrected chi connectivity index (χ2v) is 12.4. The smallest absolute Gasteiger partial charge is 0.323 e. The number of rotatable bonds is 7. The van der Waals surface area contributed by atoms with Crippen LogP contribution in [-0.2, 0) is 10.2 Å². The first-order valence-electron chi connectivity index (χ1n) is 15.5. The Morgan fingerprint density at radius 1 is 0.913 bits per heavy atom. The third kappa shape index (κ3) is 7.06. The van der Waals surface area contributed by atoms with Crippen LogP contribution in [-0.4, -0.2) is 65.4 Å². The summed E-state index contributed by atoms with van der Waals surface area (Å²) < 4.78 is 11.8. The van der Waals surface area contributed by atoms with Crippen molar-refractivity contribution in [2.24, 2.45) is 0 Å². The molecule has 240 valence electrons. The van der Waals surface area contributed by atoms with Crippen LogP contribution in [0.15, 0.2) is 72.9 Å². The standard InChI is InChI=1S/C36H41N5O5/c1-7-25-22-40(18-19-41(25)23(2)42)34(43)31-21-26(16-17-37-31)46-32-15-13-29(27-10-8-9-11-28(27)32)38-35(44)39-30-20-24(36(3,4)5)12-14-33(30)45-6/h8-17,20-21,25H,7,18-19,22H2,1-6H3,(H2,38,39,44). The van der Waals surface area contributed by atoms with Gasteiger partial charge in [-0.2, -0.15) is 0 Å². The zero-order chi connectivity index (χ0) is 33.0. The van der Waals surface area contributed by atoms with Gasteiger partial charge >= 0.3 is 6.03 Å². The predicted octanol–water partition coefficient (Wildman–Crippen LogP) is 7.06. The Labute approximate surface area is 269 Å². The van der Waals surface area contributed by atoms with Gasteiger partial charge in [-0.1, -0.05) is 58.0 Å². The first-order chi connectivity index (χ1) is 22.0. The topological polar surface area (TPSA) is 113 Å². The van der Waals surface area contributed by atoms with Crippen molar-refractivity contribution in [3.05, 3.63) is 84.2 Å². The normalized spacial score (nSPS) is 15.0. The zero-order valence-electron chi connectivity index (χ0n) is 27.2. The summed E-state index contributed by atoms with van der Waals surface area (Å²) in [5, 5.41) is 7.46. The highest BCUT2D eigenvalue weighted by atomic mass is 16.5. The van der Waals surface area contributed by atoms with Crippen LogP contribution in [0.5, 0.6) is 17.2 Å². The Morgan fingerprint density at radius 3 is 2.33 bits per heavy atom. The molecule has 0 aliphatic carbocycles. The van der Waals surface area contributed by atoms with Crippen LogP contribution >= 0.6 is 0 Å². The van der Waals surface area contributed by atoms with Crippen LogP contribution in [0.25, 0.3) is 10.8 Å². The molecule has 46 heavy (non-hydrogen) atoms. The number of fused-ring (bicyclic) bond motifs is 1. The maximum absolute atomic E-state index is 13.4. The highest BCUT2D eigenvalue weighted by molar-refractivity contribution is 6.08. The molecule has 10 nitrogen and oxygen atoms in total. The number of piperazine rings is 1. The molecule has 1 aliphatic rings. The van der Waals surface area contributed by atoms with Gasteiger partial charge in [0.05, 0.1) is 18.5 Å². The molecule has 1 aliphatic heterocycles. The highest BCUT2D eigenvalue weighted by Gasteiger charge is 2.31. The summed E-state index contributed by atoms with van der Waals surface area (Å²) in [5.41, 5.74) is 2.42. The molecule has 4 aromatic rings. The molecular weight excluding hydrogens is 582 g/mol. The fraction of sp³-hybridized carbons (Fsp3) is 0.333. The van der Waals surface area contributed by atoms with Gasteiger partial charge in [-0.25, -0.2) is 4.79 Å². The van der Waals surface area contributed by atoms with Crippen LogP contribution in [0.3, 0.4) is 0 Å². The summed E-state index contributed by atoms with van der Waals surface area (Å²) in [5.74, 6) is 1.41. The minimum Gasteiger partial charge on any atom is -0.495 e. The SMILES string of the molecule is CCC1CN(C(=O)c2cc(Oc3ccc(NC(=O)Nc4cc(C(C)(C)C)ccc4OC)c4ccccc34)ccn2)CCN1C(C)=O. The predicted molar refractivity (Wildman–Crippen MR) is 180 cm³/mol. The molecule has 3 aromatic carbocycles. The Kier molecular flexibility index (Phi) is 9.46. The molecule has 4 amide bonds. The summed E-state index contributed by atoms with van der Waals surface area (Å²) in [4.78, 5) is 46.5. The molecule has 2 heterocycles. The van der Waals surface area contributed by atoms with E-state index in [0.29, 0.717) is 48.3 Å². The average molecular weight is 624 g/mol. The summed E-state index contributed by atoms with van der Waals surface area (Å²) in [6.07, 6.45) is 2.31. The number of nitrogens with zero attached hydrogens (tertiary/aromatic N) is 3. The van der Waals surface area contributed by atoms with Crippen molar-refractivity contribution in [2.75, 3.05) is 37.4 Å². The van der Waals surface area contributed by atoms with Crippen LogP contribution in [0.4, 0.5) is 16.2 Å². The second-order valence-electron chi connectivity index (χ2n) is 12.4. The number of pyridine rings is 1. The molecule has 2 N–H and O–H groups in total. The van der Waals surface area contributed by atoms with E-state index < -0.39 is 6.03 Å². The van der Waals surface area contributed by atoms with E-state index in [0.717, 1.165) is 22.8 Å². The molecule has 0 spiro atoms. The molecule has 1 unspecified atom stereocenters. The Hall–Kier alpha value is -5.12. The van der Waals surface area contributed by atoms with Gasteiger partial charge in [-0.15, -0.1) is 0 Å². The molecule has 10 heteroatoms. The fourth-order valence-electron chi connectivity index (χ4n) is 5.70. The van der Waals surface area contributed by atoms with E-state index in [9.17, 15) is 14.4 Å². The molecular formula is C36H41N5O5. The summed E-state index contributed by atoms with van der Waals surface area (Å²) >= 11 is 0. The fourth-order valence-corrected chi connectivity index (χ4v) is 5.70. The number of benzene rings is 3. The minimum absolute atomic E-state index is 0.0210. The zero-order valence-corrected chi connectivity index (χ0v) is 27.2. The van der Waals surface area contributed by atoms with Gasteiger partial charge in [0.1, 0.15) is 22.9 Å². The number of urea groups is 1. The Morgan fingerprint density at radius 2 is 1.63 bits per heavy atom. The third-order valence-electron chi connectivity index (χ3n) is 8.27. The van der Waals surface area contributed by atoms with E-state index in [2.05, 4.69) is 36.4 Å². The maximum Gasteiger partial charge on any atom is 0.323 e. The number of methoxy groups -OCH3 is 1. The van der Waals surface area contributed by atoms with Crippen LogP contribution in [0.2, 0.25) is 0 Å². The lowest BCUT2D eigenvalue weighted by atomic mass is 9.87. The van der Waals surface area contributed by atoms with Crippen molar-refractivity contribution in [2.45, 2.75) is 52.5 Å². The van der Waals surface area contributed by atoms with E-state index in [1.54, 1.807) is 49.4 Å². The Balaban J connectivity index is 1.33. The first-order valence-corrected chi connectivity index (χ1v) is 15.5. The number of anilines is 2. The molecule has 1 aromatic heterocycles. The van der Waals surface area contributed by atoms with Crippen molar-refractivity contribution >= 4 is 40.0 Å². The number of hydrogen-bond acceptors (Lipinski definition) is 6. The van der Waals surface area contributed by atoms with E-state index in [1.807, 2.05) is 54.3 Å². The van der Waals surface area contributed by atoms with E-state index in [4.69, 9.17) is 9.47 Å². The summed E-state index contributed by atoms with van der Waals surface area (Å²) in [6, 6.07) is 19.9. The first kappa shape index (κ1) is 32.3. The van der Waals surface area contributed by atoms with Gasteiger partial charge < -0.3 is 29.9 Å². The molecule has 0 bridgehead atoms. The number of nitrogens with one attached hydrogen (secondary N) is 2. The van der Waals surface area contributed by atoms with Gasteiger partial charge in [-0.3, -0.25) is 14.6 Å². The van der Waals surface area contributed by atoms with Gasteiger partial charge in [0, 0.05) is 55.6 Å². The molecule has 1 fully saturated rings. The highest BCUT2D eigenvalue weighted by Crippen LogP contribution is 2.35. The van der Waals surface area contributed by atoms with Crippen LogP contribution < -0.4 is 20.1 Å².